The van der Waals surface area contributed by atoms with Crippen LogP contribution >= 0.6 is 0 Å². The second-order valence-electron chi connectivity index (χ2n) is 9.76. The minimum Gasteiger partial charge on any atom is -0.354 e. The van der Waals surface area contributed by atoms with Crippen molar-refractivity contribution in [3.05, 3.63) is 95.6 Å². The number of carbonyl (C=O) groups excluding carboxylic acids is 2. The number of hydrogen-bond acceptors (Lipinski definition) is 4. The molecular formula is C29H33F2N3O4S. The van der Waals surface area contributed by atoms with E-state index in [4.69, 9.17) is 0 Å². The molecule has 3 aromatic rings. The van der Waals surface area contributed by atoms with Gasteiger partial charge in [-0.1, -0.05) is 43.7 Å². The minimum atomic E-state index is -4.29. The Morgan fingerprint density at radius 3 is 1.92 bits per heavy atom. The van der Waals surface area contributed by atoms with E-state index in [9.17, 15) is 26.8 Å². The molecule has 0 saturated carbocycles. The second-order valence-corrected chi connectivity index (χ2v) is 11.6. The average molecular weight is 558 g/mol. The predicted molar refractivity (Wildman–Crippen MR) is 146 cm³/mol. The topological polar surface area (TPSA) is 86.8 Å². The fraction of sp³-hybridized carbons (Fsp3) is 0.310. The molecule has 0 aliphatic rings. The Kier molecular flexibility index (Phi) is 9.80. The summed E-state index contributed by atoms with van der Waals surface area (Å²) in [6, 6.07) is 15.5. The van der Waals surface area contributed by atoms with Gasteiger partial charge in [0.15, 0.2) is 0 Å². The summed E-state index contributed by atoms with van der Waals surface area (Å²) >= 11 is 0. The first-order valence-corrected chi connectivity index (χ1v) is 14.0. The highest BCUT2D eigenvalue weighted by Crippen LogP contribution is 2.25. The van der Waals surface area contributed by atoms with Gasteiger partial charge in [-0.15, -0.1) is 0 Å². The molecule has 208 valence electrons. The van der Waals surface area contributed by atoms with Crippen molar-refractivity contribution in [1.82, 2.24) is 10.2 Å². The molecule has 0 heterocycles. The Morgan fingerprint density at radius 1 is 0.846 bits per heavy atom. The maximum absolute atomic E-state index is 13.8. The molecule has 0 fully saturated rings. The van der Waals surface area contributed by atoms with Gasteiger partial charge in [-0.3, -0.25) is 13.9 Å². The zero-order valence-corrected chi connectivity index (χ0v) is 23.2. The van der Waals surface area contributed by atoms with E-state index in [0.29, 0.717) is 12.1 Å². The van der Waals surface area contributed by atoms with Crippen LogP contribution < -0.4 is 9.62 Å². The van der Waals surface area contributed by atoms with Crippen molar-refractivity contribution in [2.24, 2.45) is 5.92 Å². The number of halogens is 2. The van der Waals surface area contributed by atoms with E-state index >= 15 is 0 Å². The van der Waals surface area contributed by atoms with Crippen LogP contribution in [0, 0.1) is 24.5 Å². The van der Waals surface area contributed by atoms with Crippen LogP contribution in [0.1, 0.15) is 31.9 Å². The van der Waals surface area contributed by atoms with Gasteiger partial charge in [0.05, 0.1) is 10.6 Å². The smallest absolute Gasteiger partial charge is 0.264 e. The number of aryl methyl sites for hydroxylation is 1. The van der Waals surface area contributed by atoms with Gasteiger partial charge in [-0.2, -0.15) is 0 Å². The van der Waals surface area contributed by atoms with Crippen molar-refractivity contribution in [3.8, 4) is 0 Å². The predicted octanol–water partition coefficient (Wildman–Crippen LogP) is 4.66. The quantitative estimate of drug-likeness (QED) is 0.372. The summed E-state index contributed by atoms with van der Waals surface area (Å²) in [5.74, 6) is -1.91. The van der Waals surface area contributed by atoms with Gasteiger partial charge in [0.25, 0.3) is 10.0 Å². The standard InChI is InChI=1S/C29H33F2N3O4S/c1-20(2)17-32-29(36)22(4)33(18-23-7-9-24(30)10-8-23)28(35)19-34(26-13-5-21(3)6-14-26)39(37,38)27-15-11-25(31)12-16-27/h5-16,20,22H,17-19H2,1-4H3,(H,32,36)/t22-/m0/s1. The SMILES string of the molecule is Cc1ccc(N(CC(=O)N(Cc2ccc(F)cc2)[C@@H](C)C(=O)NCC(C)C)S(=O)(=O)c2ccc(F)cc2)cc1. The number of rotatable bonds is 11. The van der Waals surface area contributed by atoms with Gasteiger partial charge in [0.2, 0.25) is 11.8 Å². The summed E-state index contributed by atoms with van der Waals surface area (Å²) in [4.78, 5) is 27.8. The molecule has 1 atom stereocenters. The van der Waals surface area contributed by atoms with Crippen molar-refractivity contribution in [3.63, 3.8) is 0 Å². The molecule has 0 aromatic heterocycles. The first-order chi connectivity index (χ1) is 18.4. The monoisotopic (exact) mass is 557 g/mol. The molecule has 3 rings (SSSR count). The molecule has 10 heteroatoms. The highest BCUT2D eigenvalue weighted by Gasteiger charge is 2.32. The summed E-state index contributed by atoms with van der Waals surface area (Å²) in [7, 11) is -4.29. The van der Waals surface area contributed by atoms with Crippen LogP contribution in [0.25, 0.3) is 0 Å². The van der Waals surface area contributed by atoms with E-state index < -0.39 is 46.1 Å². The van der Waals surface area contributed by atoms with Crippen molar-refractivity contribution in [2.75, 3.05) is 17.4 Å². The molecule has 0 radical (unpaired) electrons. The number of benzene rings is 3. The fourth-order valence-corrected chi connectivity index (χ4v) is 5.21. The van der Waals surface area contributed by atoms with Crippen LogP contribution in [-0.2, 0) is 26.2 Å². The largest absolute Gasteiger partial charge is 0.354 e. The molecular weight excluding hydrogens is 524 g/mol. The third kappa shape index (κ3) is 7.86. The lowest BCUT2D eigenvalue weighted by molar-refractivity contribution is -0.139. The molecule has 2 amide bonds. The van der Waals surface area contributed by atoms with Crippen LogP contribution in [0.15, 0.2) is 77.7 Å². The number of nitrogens with zero attached hydrogens (tertiary/aromatic N) is 2. The van der Waals surface area contributed by atoms with Crippen molar-refractivity contribution >= 4 is 27.5 Å². The molecule has 0 spiro atoms. The lowest BCUT2D eigenvalue weighted by Crippen LogP contribution is -2.51. The molecule has 7 nitrogen and oxygen atoms in total. The number of sulfonamides is 1. The minimum absolute atomic E-state index is 0.0479. The van der Waals surface area contributed by atoms with E-state index in [1.807, 2.05) is 20.8 Å². The number of carbonyl (C=O) groups is 2. The highest BCUT2D eigenvalue weighted by molar-refractivity contribution is 7.92. The Morgan fingerprint density at radius 2 is 1.38 bits per heavy atom. The maximum atomic E-state index is 13.8. The average Bonchev–Trinajstić information content (AvgIpc) is 2.90. The summed E-state index contributed by atoms with van der Waals surface area (Å²) in [6.45, 7) is 7.01. The van der Waals surface area contributed by atoms with Gasteiger partial charge in [-0.05, 0) is 73.9 Å². The van der Waals surface area contributed by atoms with E-state index in [1.54, 1.807) is 31.2 Å². The second kappa shape index (κ2) is 12.8. The zero-order chi connectivity index (χ0) is 28.7. The third-order valence-corrected chi connectivity index (χ3v) is 7.91. The molecule has 3 aromatic carbocycles. The normalized spacial score (nSPS) is 12.2. The number of nitrogens with one attached hydrogen (secondary N) is 1. The van der Waals surface area contributed by atoms with Gasteiger partial charge in [0.1, 0.15) is 24.2 Å². The summed E-state index contributed by atoms with van der Waals surface area (Å²) in [5.41, 5.74) is 1.69. The van der Waals surface area contributed by atoms with Crippen LogP contribution in [0.4, 0.5) is 14.5 Å². The first kappa shape index (κ1) is 29.8. The van der Waals surface area contributed by atoms with E-state index in [1.165, 1.54) is 29.2 Å². The Bertz CT molecular complexity index is 1380. The maximum Gasteiger partial charge on any atom is 0.264 e. The lowest BCUT2D eigenvalue weighted by atomic mass is 10.1. The molecule has 0 aliphatic carbocycles. The van der Waals surface area contributed by atoms with Gasteiger partial charge in [-0.25, -0.2) is 17.2 Å². The van der Waals surface area contributed by atoms with Crippen molar-refractivity contribution in [2.45, 2.75) is 45.2 Å². The third-order valence-electron chi connectivity index (χ3n) is 6.12. The Hall–Kier alpha value is -3.79. The van der Waals surface area contributed by atoms with Crippen LogP contribution in [0.2, 0.25) is 0 Å². The van der Waals surface area contributed by atoms with Gasteiger partial charge in [0, 0.05) is 13.1 Å². The number of anilines is 1. The van der Waals surface area contributed by atoms with Crippen LogP contribution in [-0.4, -0.2) is 44.3 Å². The van der Waals surface area contributed by atoms with Crippen LogP contribution in [0.5, 0.6) is 0 Å². The molecule has 39 heavy (non-hydrogen) atoms. The number of hydrogen-bond donors (Lipinski definition) is 1. The fourth-order valence-electron chi connectivity index (χ4n) is 3.80. The summed E-state index contributed by atoms with van der Waals surface area (Å²) in [6.07, 6.45) is 0. The van der Waals surface area contributed by atoms with Gasteiger partial charge >= 0.3 is 0 Å². The Labute approximate surface area is 228 Å². The highest BCUT2D eigenvalue weighted by atomic mass is 32.2. The Balaban J connectivity index is 2.00. The molecule has 0 unspecified atom stereocenters. The number of amides is 2. The summed E-state index contributed by atoms with van der Waals surface area (Å²) in [5, 5.41) is 2.80. The zero-order valence-electron chi connectivity index (χ0n) is 22.4. The van der Waals surface area contributed by atoms with Gasteiger partial charge < -0.3 is 10.2 Å². The van der Waals surface area contributed by atoms with E-state index in [-0.39, 0.29) is 23.0 Å². The molecule has 1 N–H and O–H groups in total. The lowest BCUT2D eigenvalue weighted by Gasteiger charge is -2.32. The van der Waals surface area contributed by atoms with Crippen LogP contribution in [0.3, 0.4) is 0 Å². The molecule has 0 saturated heterocycles. The first-order valence-electron chi connectivity index (χ1n) is 12.5. The van der Waals surface area contributed by atoms with E-state index in [0.717, 1.165) is 34.1 Å². The molecule has 0 aliphatic heterocycles. The summed E-state index contributed by atoms with van der Waals surface area (Å²) < 4.78 is 55.3. The molecule has 0 bridgehead atoms. The van der Waals surface area contributed by atoms with Crippen molar-refractivity contribution in [1.29, 1.82) is 0 Å². The van der Waals surface area contributed by atoms with Crippen molar-refractivity contribution < 1.29 is 26.8 Å². The van der Waals surface area contributed by atoms with E-state index in [2.05, 4.69) is 5.32 Å².